The second kappa shape index (κ2) is 17.9. The van der Waals surface area contributed by atoms with Crippen molar-refractivity contribution in [2.75, 3.05) is 31.9 Å². The Bertz CT molecular complexity index is 1210. The van der Waals surface area contributed by atoms with Crippen molar-refractivity contribution in [1.82, 2.24) is 0 Å². The quantitative estimate of drug-likeness (QED) is 0.245. The van der Waals surface area contributed by atoms with E-state index in [0.717, 1.165) is 0 Å². The lowest BCUT2D eigenvalue weighted by molar-refractivity contribution is -0.115. The molecule has 42 heavy (non-hydrogen) atoms. The van der Waals surface area contributed by atoms with Crippen LogP contribution in [0.4, 0.5) is 34.1 Å². The predicted molar refractivity (Wildman–Crippen MR) is 165 cm³/mol. The first-order chi connectivity index (χ1) is 19.7. The van der Waals surface area contributed by atoms with Gasteiger partial charge in [0.05, 0.1) is 11.4 Å². The van der Waals surface area contributed by atoms with Gasteiger partial charge >= 0.3 is 0 Å². The molecule has 3 aromatic carbocycles. The Labute approximate surface area is 244 Å². The molecule has 0 aliphatic carbocycles. The molecule has 12 nitrogen and oxygen atoms in total. The molecule has 0 saturated carbocycles. The van der Waals surface area contributed by atoms with Crippen molar-refractivity contribution in [3.8, 4) is 0 Å². The van der Waals surface area contributed by atoms with Crippen LogP contribution in [0.2, 0.25) is 0 Å². The average molecular weight is 577 g/mol. The molecular weight excluding hydrogens is 540 g/mol. The number of carbonyl (C=O) groups excluding carboxylic acids is 6. The van der Waals surface area contributed by atoms with Gasteiger partial charge in [0.15, 0.2) is 0 Å². The minimum absolute atomic E-state index is 0.114. The molecule has 6 N–H and O–H groups in total. The first-order valence-electron chi connectivity index (χ1n) is 12.7. The Morgan fingerprint density at radius 1 is 0.333 bits per heavy atom. The van der Waals surface area contributed by atoms with Gasteiger partial charge in [-0.05, 0) is 60.7 Å². The molecule has 6 amide bonds. The third-order valence-electron chi connectivity index (χ3n) is 4.60. The molecule has 0 spiro atoms. The van der Waals surface area contributed by atoms with Crippen molar-refractivity contribution in [3.63, 3.8) is 0 Å². The zero-order chi connectivity index (χ0) is 31.7. The highest BCUT2D eigenvalue weighted by atomic mass is 16.2. The second-order valence-corrected chi connectivity index (χ2v) is 8.79. The van der Waals surface area contributed by atoms with Crippen molar-refractivity contribution in [2.24, 2.45) is 0 Å². The van der Waals surface area contributed by atoms with E-state index in [1.54, 1.807) is 72.8 Å². The van der Waals surface area contributed by atoms with Gasteiger partial charge in [-0.3, -0.25) is 28.8 Å². The summed E-state index contributed by atoms with van der Waals surface area (Å²) in [7, 11) is 0. The van der Waals surface area contributed by atoms with Gasteiger partial charge in [-0.2, -0.15) is 0 Å². The molecule has 0 saturated heterocycles. The fourth-order valence-electron chi connectivity index (χ4n) is 3.17. The molecule has 0 aromatic heterocycles. The number of anilines is 6. The predicted octanol–water partition coefficient (Wildman–Crippen LogP) is 4.81. The van der Waals surface area contributed by atoms with Crippen LogP contribution in [-0.2, 0) is 28.8 Å². The lowest BCUT2D eigenvalue weighted by atomic mass is 10.2. The fraction of sp³-hybridized carbons (Fsp3) is 0.200. The highest BCUT2D eigenvalue weighted by Crippen LogP contribution is 2.20. The lowest BCUT2D eigenvalue weighted by Gasteiger charge is -2.09. The van der Waals surface area contributed by atoms with Crippen LogP contribution in [0.5, 0.6) is 0 Å². The third-order valence-corrected chi connectivity index (χ3v) is 4.60. The molecule has 0 bridgehead atoms. The Morgan fingerprint density at radius 2 is 0.524 bits per heavy atom. The largest absolute Gasteiger partial charge is 0.326 e. The van der Waals surface area contributed by atoms with E-state index in [-0.39, 0.29) is 35.4 Å². The lowest BCUT2D eigenvalue weighted by Crippen LogP contribution is -2.11. The van der Waals surface area contributed by atoms with Crippen molar-refractivity contribution < 1.29 is 28.8 Å². The van der Waals surface area contributed by atoms with Gasteiger partial charge < -0.3 is 31.9 Å². The zero-order valence-corrected chi connectivity index (χ0v) is 24.4. The highest BCUT2D eigenvalue weighted by molar-refractivity contribution is 5.98. The maximum Gasteiger partial charge on any atom is 0.221 e. The summed E-state index contributed by atoms with van der Waals surface area (Å²) in [4.78, 5) is 64.4. The van der Waals surface area contributed by atoms with Crippen molar-refractivity contribution in [3.05, 3.63) is 72.8 Å². The molecule has 0 aliphatic rings. The van der Waals surface area contributed by atoms with Crippen LogP contribution in [0.25, 0.3) is 0 Å². The normalized spacial score (nSPS) is 9.29. The minimum Gasteiger partial charge on any atom is -0.326 e. The molecule has 12 heteroatoms. The molecule has 222 valence electrons. The first kappa shape index (κ1) is 34.5. The topological polar surface area (TPSA) is 175 Å². The average Bonchev–Trinajstić information content (AvgIpc) is 2.87. The molecule has 0 radical (unpaired) electrons. The van der Waals surface area contributed by atoms with Gasteiger partial charge in [0.2, 0.25) is 35.4 Å². The van der Waals surface area contributed by atoms with Gasteiger partial charge in [0, 0.05) is 64.3 Å². The summed E-state index contributed by atoms with van der Waals surface area (Å²) in [6.45, 7) is 8.63. The highest BCUT2D eigenvalue weighted by Gasteiger charge is 2.03. The molecule has 3 aromatic rings. The van der Waals surface area contributed by atoms with Crippen LogP contribution >= 0.6 is 0 Å². The van der Waals surface area contributed by atoms with Crippen LogP contribution < -0.4 is 31.9 Å². The zero-order valence-electron chi connectivity index (χ0n) is 24.4. The summed E-state index contributed by atoms with van der Waals surface area (Å²) in [5.41, 5.74) is 4.07. The van der Waals surface area contributed by atoms with Gasteiger partial charge in [-0.1, -0.05) is 12.1 Å². The summed E-state index contributed by atoms with van der Waals surface area (Å²) in [5.74, 6) is -0.783. The van der Waals surface area contributed by atoms with Crippen molar-refractivity contribution in [1.29, 1.82) is 0 Å². The summed E-state index contributed by atoms with van der Waals surface area (Å²) in [5, 5.41) is 15.8. The van der Waals surface area contributed by atoms with Gasteiger partial charge in [-0.15, -0.1) is 0 Å². The summed E-state index contributed by atoms with van der Waals surface area (Å²) < 4.78 is 0. The smallest absolute Gasteiger partial charge is 0.221 e. The molecule has 0 unspecified atom stereocenters. The molecule has 3 rings (SSSR count). The summed E-state index contributed by atoms with van der Waals surface area (Å²) in [6.07, 6.45) is 0. The maximum atomic E-state index is 10.8. The van der Waals surface area contributed by atoms with Gasteiger partial charge in [0.25, 0.3) is 0 Å². The van der Waals surface area contributed by atoms with E-state index in [1.807, 2.05) is 0 Å². The second-order valence-electron chi connectivity index (χ2n) is 8.79. The number of carbonyl (C=O) groups is 6. The molecule has 0 aliphatic heterocycles. The fourth-order valence-corrected chi connectivity index (χ4v) is 3.17. The molecule has 0 fully saturated rings. The standard InChI is InChI=1S/3C10H12N2O2/c2*1-7(13)11-9-3-5-10(6-4-9)12-8(2)14;1-7(13)11-9-5-3-4-6-10(9)12-8(2)14/h3*3-6H,1-2H3,(H,11,13)(H,12,14). The molecular formula is C30H36N6O6. The summed E-state index contributed by atoms with van der Waals surface area (Å²) >= 11 is 0. The summed E-state index contributed by atoms with van der Waals surface area (Å²) in [6, 6.07) is 20.9. The van der Waals surface area contributed by atoms with E-state index in [1.165, 1.54) is 41.5 Å². The van der Waals surface area contributed by atoms with Gasteiger partial charge in [0.1, 0.15) is 0 Å². The maximum absolute atomic E-state index is 10.8. The van der Waals surface area contributed by atoms with E-state index in [0.29, 0.717) is 34.1 Å². The van der Waals surface area contributed by atoms with Crippen molar-refractivity contribution in [2.45, 2.75) is 41.5 Å². The molecule has 0 atom stereocenters. The number of amides is 6. The Kier molecular flexibility index (Phi) is 14.7. The number of para-hydroxylation sites is 2. The van der Waals surface area contributed by atoms with Crippen LogP contribution in [0.1, 0.15) is 41.5 Å². The van der Waals surface area contributed by atoms with Crippen molar-refractivity contribution >= 4 is 69.6 Å². The third kappa shape index (κ3) is 15.8. The monoisotopic (exact) mass is 576 g/mol. The Morgan fingerprint density at radius 3 is 0.690 bits per heavy atom. The van der Waals surface area contributed by atoms with E-state index in [2.05, 4.69) is 31.9 Å². The van der Waals surface area contributed by atoms with Gasteiger partial charge in [-0.25, -0.2) is 0 Å². The van der Waals surface area contributed by atoms with E-state index < -0.39 is 0 Å². The molecule has 0 heterocycles. The Hall–Kier alpha value is -5.52. The van der Waals surface area contributed by atoms with E-state index in [9.17, 15) is 28.8 Å². The minimum atomic E-state index is -0.164. The van der Waals surface area contributed by atoms with Crippen LogP contribution in [0.15, 0.2) is 72.8 Å². The number of nitrogens with one attached hydrogen (secondary N) is 6. The number of hydrogen-bond donors (Lipinski definition) is 6. The van der Waals surface area contributed by atoms with Crippen LogP contribution in [-0.4, -0.2) is 35.4 Å². The van der Waals surface area contributed by atoms with Crippen LogP contribution in [0.3, 0.4) is 0 Å². The number of benzene rings is 3. The van der Waals surface area contributed by atoms with E-state index >= 15 is 0 Å². The first-order valence-corrected chi connectivity index (χ1v) is 12.7. The Balaban J connectivity index is 0.000000315. The van der Waals surface area contributed by atoms with Crippen LogP contribution in [0, 0.1) is 0 Å². The van der Waals surface area contributed by atoms with E-state index in [4.69, 9.17) is 0 Å². The number of rotatable bonds is 6. The SMILES string of the molecule is CC(=O)Nc1ccc(NC(C)=O)cc1.CC(=O)Nc1ccc(NC(C)=O)cc1.CC(=O)Nc1ccccc1NC(C)=O. The number of hydrogen-bond acceptors (Lipinski definition) is 6.